The Morgan fingerprint density at radius 1 is 0.271 bits per heavy atom. The van der Waals surface area contributed by atoms with E-state index in [9.17, 15) is 0 Å². The minimum atomic E-state index is -0.121. The molecule has 2 heteroatoms. The van der Waals surface area contributed by atoms with Gasteiger partial charge >= 0.3 is 0 Å². The molecule has 0 unspecified atom stereocenters. The third-order valence-corrected chi connectivity index (χ3v) is 23.8. The van der Waals surface area contributed by atoms with Crippen LogP contribution in [0.4, 0.5) is 0 Å². The molecule has 0 N–H and O–H groups in total. The fraction of sp³-hybridized carbons (Fsp3) is 0.0476. The first-order valence-corrected chi connectivity index (χ1v) is 37.6. The van der Waals surface area contributed by atoms with Crippen LogP contribution in [0, 0.1) is 0 Å². The molecule has 2 nitrogen and oxygen atoms in total. The molecule has 0 saturated carbocycles. The third kappa shape index (κ3) is 9.13. The summed E-state index contributed by atoms with van der Waals surface area (Å²) in [7, 11) is 0. The molecule has 2 aliphatic rings. The lowest BCUT2D eigenvalue weighted by molar-refractivity contribution is 0.652. The standard InChI is InChI=1S/C105H69NO/c1-105(2)85-51-24-21-44-75(85)83-62-84-76-45-22-25-52-87(76)106(88(84)63-86(83)105)74-57-54-70(55-58-74)94-93(66-34-13-5-14-35-66)98(73-43-27-42-71(60-73)72-56-59-78-77-46-23-26-53-89(77)107-90(78)61-72)104-82-50-29-48-80-100(82)99-79(47-28-49-81(99)103(104)97(94)69-40-19-8-20-41-69)101-95(67-36-15-6-16-37-67)91(64-30-9-3-10-31-64)92(65-32-11-4-12-33-65)96(102(80)101)68-38-17-7-18-39-68/h3-20,22-43,45-63H,21,44H2,1-2H3. The SMILES string of the molecule is CC1(C)C2=C(CCC=C2)c2cc3c4ccccc4n(-c4ccc(-c5c(-c6ccccc6)c(-c6cccc(-c7ccc8c(c7)oc7ccccc78)c6)c6c7cccc8c9c(-c%10ccccc%10)c(-c%10ccccc%10)c(-c%10ccccc%10)c(-c%10ccccc%10)c9c9cccc(c6c5-c5ccccc5)c9c87)cc4)c3cc21. The van der Waals surface area contributed by atoms with Crippen LogP contribution in [0.15, 0.2) is 368 Å². The number of hydrogen-bond donors (Lipinski definition) is 0. The van der Waals surface area contributed by atoms with Crippen LogP contribution in [0.5, 0.6) is 0 Å². The molecule has 0 atom stereocenters. The molecule has 20 aromatic rings. The molecule has 2 aliphatic carbocycles. The highest BCUT2D eigenvalue weighted by Gasteiger charge is 2.39. The molecule has 2 heterocycles. The Morgan fingerprint density at radius 3 is 1.17 bits per heavy atom. The molecule has 0 fully saturated rings. The van der Waals surface area contributed by atoms with Crippen LogP contribution in [-0.4, -0.2) is 4.57 Å². The molecular weight excluding hydrogens is 1290 g/mol. The smallest absolute Gasteiger partial charge is 0.136 e. The molecule has 2 aromatic heterocycles. The van der Waals surface area contributed by atoms with E-state index in [1.54, 1.807) is 0 Å². The number of allylic oxidation sites excluding steroid dienone is 4. The van der Waals surface area contributed by atoms with E-state index >= 15 is 0 Å². The van der Waals surface area contributed by atoms with Crippen molar-refractivity contribution in [2.24, 2.45) is 0 Å². The minimum Gasteiger partial charge on any atom is -0.456 e. The van der Waals surface area contributed by atoms with Gasteiger partial charge < -0.3 is 8.98 Å². The first-order chi connectivity index (χ1) is 52.9. The quantitative estimate of drug-likeness (QED) is 0.0986. The van der Waals surface area contributed by atoms with E-state index in [1.807, 2.05) is 0 Å². The van der Waals surface area contributed by atoms with E-state index in [0.717, 1.165) is 79.4 Å². The summed E-state index contributed by atoms with van der Waals surface area (Å²) >= 11 is 0. The largest absolute Gasteiger partial charge is 0.456 e. The Balaban J connectivity index is 0.918. The van der Waals surface area contributed by atoms with Crippen molar-refractivity contribution in [3.05, 3.63) is 375 Å². The molecule has 22 rings (SSSR count). The zero-order chi connectivity index (χ0) is 70.6. The molecule has 0 amide bonds. The first-order valence-electron chi connectivity index (χ1n) is 37.6. The van der Waals surface area contributed by atoms with Crippen LogP contribution in [0.1, 0.15) is 37.8 Å². The van der Waals surface area contributed by atoms with Crippen LogP contribution in [-0.2, 0) is 5.41 Å². The molecular formula is C105H69NO. The maximum Gasteiger partial charge on any atom is 0.136 e. The molecule has 0 saturated heterocycles. The number of para-hydroxylation sites is 2. The number of fused-ring (bicyclic) bond motifs is 14. The van der Waals surface area contributed by atoms with Crippen molar-refractivity contribution in [2.75, 3.05) is 0 Å². The van der Waals surface area contributed by atoms with E-state index < -0.39 is 0 Å². The van der Waals surface area contributed by atoms with Gasteiger partial charge in [-0.15, -0.1) is 0 Å². The van der Waals surface area contributed by atoms with Gasteiger partial charge in [0.25, 0.3) is 0 Å². The van der Waals surface area contributed by atoms with Gasteiger partial charge in [0.2, 0.25) is 0 Å². The van der Waals surface area contributed by atoms with Gasteiger partial charge in [0.05, 0.1) is 11.0 Å². The van der Waals surface area contributed by atoms with Crippen LogP contribution in [0.2, 0.25) is 0 Å². The molecule has 107 heavy (non-hydrogen) atoms. The Hall–Kier alpha value is -13.4. The fourth-order valence-corrected chi connectivity index (χ4v) is 19.3. The maximum atomic E-state index is 6.67. The number of nitrogens with zero attached hydrogens (tertiary/aromatic N) is 1. The zero-order valence-electron chi connectivity index (χ0n) is 59.3. The number of rotatable bonds is 10. The van der Waals surface area contributed by atoms with Crippen molar-refractivity contribution in [3.8, 4) is 106 Å². The van der Waals surface area contributed by atoms with Crippen LogP contribution >= 0.6 is 0 Å². The lowest BCUT2D eigenvalue weighted by Crippen LogP contribution is -2.16. The number of furan rings is 1. The summed E-state index contributed by atoms with van der Waals surface area (Å²) in [6, 6.07) is 130. The zero-order valence-corrected chi connectivity index (χ0v) is 59.3. The molecule has 0 bridgehead atoms. The normalized spacial score (nSPS) is 13.4. The highest BCUT2D eigenvalue weighted by atomic mass is 16.3. The Labute approximate surface area is 620 Å². The lowest BCUT2D eigenvalue weighted by atomic mass is 9.73. The molecule has 0 aliphatic heterocycles. The monoisotopic (exact) mass is 1360 g/mol. The predicted octanol–water partition coefficient (Wildman–Crippen LogP) is 29.3. The van der Waals surface area contributed by atoms with Gasteiger partial charge in [-0.05, 0) is 244 Å². The van der Waals surface area contributed by atoms with E-state index in [0.29, 0.717) is 0 Å². The number of aromatic nitrogens is 1. The van der Waals surface area contributed by atoms with E-state index in [4.69, 9.17) is 4.42 Å². The topological polar surface area (TPSA) is 18.1 Å². The van der Waals surface area contributed by atoms with Crippen molar-refractivity contribution in [1.82, 2.24) is 4.57 Å². The average molecular weight is 1360 g/mol. The molecule has 500 valence electrons. The van der Waals surface area contributed by atoms with Crippen molar-refractivity contribution >= 4 is 103 Å². The predicted molar refractivity (Wildman–Crippen MR) is 454 cm³/mol. The molecule has 0 radical (unpaired) electrons. The van der Waals surface area contributed by atoms with Crippen LogP contribution < -0.4 is 0 Å². The second kappa shape index (κ2) is 23.8. The summed E-state index contributed by atoms with van der Waals surface area (Å²) in [5, 5.41) is 17.0. The Morgan fingerprint density at radius 2 is 0.654 bits per heavy atom. The maximum absolute atomic E-state index is 6.67. The summed E-state index contributed by atoms with van der Waals surface area (Å²) in [5.74, 6) is 0. The third-order valence-electron chi connectivity index (χ3n) is 23.8. The minimum absolute atomic E-state index is 0.121. The second-order valence-electron chi connectivity index (χ2n) is 29.8. The van der Waals surface area contributed by atoms with Crippen molar-refractivity contribution in [3.63, 3.8) is 0 Å². The van der Waals surface area contributed by atoms with Crippen LogP contribution in [0.25, 0.3) is 209 Å². The Bertz CT molecular complexity index is 7120. The highest BCUT2D eigenvalue weighted by molar-refractivity contribution is 6.46. The first kappa shape index (κ1) is 61.1. The fourth-order valence-electron chi connectivity index (χ4n) is 19.3. The van der Waals surface area contributed by atoms with E-state index in [2.05, 4.69) is 376 Å². The van der Waals surface area contributed by atoms with Gasteiger partial charge in [0, 0.05) is 32.6 Å². The number of hydrogen-bond acceptors (Lipinski definition) is 1. The van der Waals surface area contributed by atoms with Crippen molar-refractivity contribution in [2.45, 2.75) is 32.1 Å². The summed E-state index contributed by atoms with van der Waals surface area (Å²) < 4.78 is 9.20. The molecule has 0 spiro atoms. The summed E-state index contributed by atoms with van der Waals surface area (Å²) in [6.45, 7) is 4.84. The average Bonchev–Trinajstić information content (AvgIpc) is 1.25. The second-order valence-corrected chi connectivity index (χ2v) is 29.8. The van der Waals surface area contributed by atoms with Crippen LogP contribution in [0.3, 0.4) is 0 Å². The van der Waals surface area contributed by atoms with Crippen molar-refractivity contribution < 1.29 is 4.42 Å². The lowest BCUT2D eigenvalue weighted by Gasteiger charge is -2.29. The molecule has 18 aromatic carbocycles. The van der Waals surface area contributed by atoms with Gasteiger partial charge in [0.15, 0.2) is 0 Å². The van der Waals surface area contributed by atoms with Gasteiger partial charge in [-0.3, -0.25) is 0 Å². The van der Waals surface area contributed by atoms with Crippen molar-refractivity contribution in [1.29, 1.82) is 0 Å². The van der Waals surface area contributed by atoms with Gasteiger partial charge in [-0.1, -0.05) is 317 Å². The summed E-state index contributed by atoms with van der Waals surface area (Å²) in [4.78, 5) is 0. The van der Waals surface area contributed by atoms with Gasteiger partial charge in [0.1, 0.15) is 11.2 Å². The van der Waals surface area contributed by atoms with Gasteiger partial charge in [-0.25, -0.2) is 0 Å². The van der Waals surface area contributed by atoms with Gasteiger partial charge in [-0.2, -0.15) is 0 Å². The van der Waals surface area contributed by atoms with E-state index in [1.165, 1.54) is 159 Å². The Kier molecular flexibility index (Phi) is 13.6. The summed E-state index contributed by atoms with van der Waals surface area (Å²) in [5.41, 5.74) is 31.9. The summed E-state index contributed by atoms with van der Waals surface area (Å²) in [6.07, 6.45) is 6.92. The van der Waals surface area contributed by atoms with E-state index in [-0.39, 0.29) is 5.41 Å². The number of benzene rings is 18. The highest BCUT2D eigenvalue weighted by Crippen LogP contribution is 2.61.